The number of ether oxygens (including phenoxy) is 2. The lowest BCUT2D eigenvalue weighted by Gasteiger charge is -2.67. The topological polar surface area (TPSA) is 93.1 Å². The van der Waals surface area contributed by atoms with Crippen LogP contribution in [0, 0.1) is 22.7 Å². The van der Waals surface area contributed by atoms with Crippen molar-refractivity contribution in [2.45, 2.75) is 97.2 Å². The summed E-state index contributed by atoms with van der Waals surface area (Å²) in [6.07, 6.45) is 1.82. The third-order valence-corrected chi connectivity index (χ3v) is 8.72. The van der Waals surface area contributed by atoms with Gasteiger partial charge in [0.25, 0.3) is 0 Å². The largest absolute Gasteiger partial charge is 0.458 e. The highest BCUT2D eigenvalue weighted by atomic mass is 16.5. The smallest absolute Gasteiger partial charge is 0.333 e. The first kappa shape index (κ1) is 24.1. The monoisotopic (exact) mass is 434 g/mol. The molecule has 0 aromatic heterocycles. The van der Waals surface area contributed by atoms with Crippen molar-refractivity contribution in [1.29, 1.82) is 0 Å². The quantitative estimate of drug-likeness (QED) is 0.402. The molecule has 0 amide bonds. The molecule has 1 saturated heterocycles. The molecule has 1 heterocycles. The van der Waals surface area contributed by atoms with E-state index in [-0.39, 0.29) is 24.5 Å². The average molecular weight is 435 g/mol. The fourth-order valence-electron chi connectivity index (χ4n) is 6.71. The van der Waals surface area contributed by atoms with Crippen LogP contribution in [0.4, 0.5) is 0 Å². The Hall–Kier alpha value is -1.50. The zero-order valence-corrected chi connectivity index (χ0v) is 19.9. The molecule has 8 unspecified atom stereocenters. The lowest BCUT2D eigenvalue weighted by atomic mass is 9.42. The SMILES string of the molecule is C=CC1(C)CC(O)C2C(C)(O1)C(=O)CC1C(C)(C)C(OC(=O)C(C)=CC)CC(O)C21C. The number of carbonyl (C=O) groups excluding carboxylic acids is 2. The first-order chi connectivity index (χ1) is 14.2. The molecule has 0 radical (unpaired) electrons. The molecular formula is C25H38O6. The highest BCUT2D eigenvalue weighted by molar-refractivity contribution is 5.89. The van der Waals surface area contributed by atoms with E-state index in [1.807, 2.05) is 27.7 Å². The van der Waals surface area contributed by atoms with E-state index in [1.165, 1.54) is 0 Å². The third-order valence-electron chi connectivity index (χ3n) is 8.72. The van der Waals surface area contributed by atoms with Crippen LogP contribution in [0.15, 0.2) is 24.3 Å². The van der Waals surface area contributed by atoms with E-state index in [4.69, 9.17) is 9.47 Å². The zero-order valence-electron chi connectivity index (χ0n) is 19.9. The van der Waals surface area contributed by atoms with Gasteiger partial charge in [0.1, 0.15) is 11.7 Å². The van der Waals surface area contributed by atoms with Gasteiger partial charge in [-0.2, -0.15) is 0 Å². The number of allylic oxidation sites excluding steroid dienone is 1. The number of aliphatic hydroxyl groups is 2. The van der Waals surface area contributed by atoms with Gasteiger partial charge >= 0.3 is 5.97 Å². The maximum atomic E-state index is 13.5. The number of hydrogen-bond donors (Lipinski definition) is 2. The van der Waals surface area contributed by atoms with Crippen LogP contribution in [0.5, 0.6) is 0 Å². The molecule has 1 aliphatic heterocycles. The molecule has 6 nitrogen and oxygen atoms in total. The summed E-state index contributed by atoms with van der Waals surface area (Å²) in [4.78, 5) is 26.0. The van der Waals surface area contributed by atoms with Gasteiger partial charge < -0.3 is 19.7 Å². The summed E-state index contributed by atoms with van der Waals surface area (Å²) in [5.74, 6) is -1.37. The number of carbonyl (C=O) groups is 2. The highest BCUT2D eigenvalue weighted by Crippen LogP contribution is 2.65. The zero-order chi connectivity index (χ0) is 23.6. The van der Waals surface area contributed by atoms with Crippen molar-refractivity contribution in [1.82, 2.24) is 0 Å². The molecule has 2 aliphatic carbocycles. The lowest BCUT2D eigenvalue weighted by molar-refractivity contribution is -0.293. The third kappa shape index (κ3) is 3.42. The molecule has 3 aliphatic rings. The van der Waals surface area contributed by atoms with E-state index in [9.17, 15) is 19.8 Å². The second-order valence-corrected chi connectivity index (χ2v) is 11.0. The summed E-state index contributed by atoms with van der Waals surface area (Å²) in [6, 6.07) is 0. The van der Waals surface area contributed by atoms with Crippen LogP contribution in [0.1, 0.15) is 67.7 Å². The molecule has 31 heavy (non-hydrogen) atoms. The second-order valence-electron chi connectivity index (χ2n) is 11.0. The van der Waals surface area contributed by atoms with Crippen LogP contribution < -0.4 is 0 Å². The number of rotatable bonds is 3. The highest BCUT2D eigenvalue weighted by Gasteiger charge is 2.71. The first-order valence-corrected chi connectivity index (χ1v) is 11.2. The number of ketones is 1. The van der Waals surface area contributed by atoms with Crippen LogP contribution in [-0.4, -0.2) is 51.5 Å². The Labute approximate surface area is 185 Å². The van der Waals surface area contributed by atoms with Gasteiger partial charge in [-0.1, -0.05) is 32.9 Å². The molecule has 3 fully saturated rings. The van der Waals surface area contributed by atoms with Gasteiger partial charge in [0.05, 0.1) is 17.8 Å². The predicted octanol–water partition coefficient (Wildman–Crippen LogP) is 3.35. The van der Waals surface area contributed by atoms with Crippen LogP contribution >= 0.6 is 0 Å². The molecule has 3 rings (SSSR count). The minimum Gasteiger partial charge on any atom is -0.458 e. The van der Waals surface area contributed by atoms with Crippen molar-refractivity contribution in [2.24, 2.45) is 22.7 Å². The van der Waals surface area contributed by atoms with Gasteiger partial charge in [0, 0.05) is 41.6 Å². The number of esters is 1. The van der Waals surface area contributed by atoms with Crippen LogP contribution in [-0.2, 0) is 19.1 Å². The fourth-order valence-corrected chi connectivity index (χ4v) is 6.71. The normalized spacial score (nSPS) is 47.2. The molecule has 2 N–H and O–H groups in total. The van der Waals surface area contributed by atoms with Gasteiger partial charge in [0.2, 0.25) is 0 Å². The maximum absolute atomic E-state index is 13.5. The Kier molecular flexibility index (Phi) is 5.87. The molecule has 0 aromatic carbocycles. The van der Waals surface area contributed by atoms with Crippen molar-refractivity contribution in [3.8, 4) is 0 Å². The summed E-state index contributed by atoms with van der Waals surface area (Å²) >= 11 is 0. The Morgan fingerprint density at radius 3 is 2.39 bits per heavy atom. The summed E-state index contributed by atoms with van der Waals surface area (Å²) in [6.45, 7) is 16.8. The minimum absolute atomic E-state index is 0.0938. The summed E-state index contributed by atoms with van der Waals surface area (Å²) in [5, 5.41) is 22.7. The van der Waals surface area contributed by atoms with Gasteiger partial charge in [-0.15, -0.1) is 6.58 Å². The van der Waals surface area contributed by atoms with E-state index in [1.54, 1.807) is 32.9 Å². The molecule has 0 spiro atoms. The number of aliphatic hydroxyl groups excluding tert-OH is 2. The van der Waals surface area contributed by atoms with Gasteiger partial charge in [-0.05, 0) is 33.6 Å². The molecular weight excluding hydrogens is 396 g/mol. The van der Waals surface area contributed by atoms with Crippen molar-refractivity contribution in [2.75, 3.05) is 0 Å². The van der Waals surface area contributed by atoms with E-state index >= 15 is 0 Å². The number of hydrogen-bond acceptors (Lipinski definition) is 6. The van der Waals surface area contributed by atoms with Crippen LogP contribution in [0.25, 0.3) is 0 Å². The Bertz CT molecular complexity index is 815. The van der Waals surface area contributed by atoms with Crippen molar-refractivity contribution < 1.29 is 29.3 Å². The molecule has 2 saturated carbocycles. The van der Waals surface area contributed by atoms with Gasteiger partial charge in [-0.3, -0.25) is 4.79 Å². The summed E-state index contributed by atoms with van der Waals surface area (Å²) in [7, 11) is 0. The first-order valence-electron chi connectivity index (χ1n) is 11.2. The van der Waals surface area contributed by atoms with Gasteiger partial charge in [-0.25, -0.2) is 4.79 Å². The molecule has 174 valence electrons. The minimum atomic E-state index is -1.23. The molecule has 0 aromatic rings. The number of fused-ring (bicyclic) bond motifs is 3. The Balaban J connectivity index is 2.04. The van der Waals surface area contributed by atoms with E-state index in [2.05, 4.69) is 6.58 Å². The Morgan fingerprint density at radius 1 is 1.23 bits per heavy atom. The van der Waals surface area contributed by atoms with Crippen LogP contribution in [0.2, 0.25) is 0 Å². The molecule has 6 heteroatoms. The van der Waals surface area contributed by atoms with E-state index in [0.29, 0.717) is 12.0 Å². The number of Topliss-reactive ketones (excluding diaryl/α,β-unsaturated/α-hetero) is 1. The molecule has 8 atom stereocenters. The average Bonchev–Trinajstić information content (AvgIpc) is 2.67. The summed E-state index contributed by atoms with van der Waals surface area (Å²) < 4.78 is 12.1. The second kappa shape index (κ2) is 7.53. The molecule has 0 bridgehead atoms. The van der Waals surface area contributed by atoms with Crippen molar-refractivity contribution in [3.05, 3.63) is 24.3 Å². The standard InChI is InChI=1S/C25H38O6/c1-9-14(3)21(29)30-19-12-17(27)24(7)16(22(19,4)5)11-18(28)25(8)20(24)15(26)13-23(6,10-2)31-25/h9-10,15-17,19-20,26-27H,2,11-13H2,1,3-8H3. The van der Waals surface area contributed by atoms with Crippen molar-refractivity contribution >= 4 is 11.8 Å². The van der Waals surface area contributed by atoms with Crippen molar-refractivity contribution in [3.63, 3.8) is 0 Å². The predicted molar refractivity (Wildman–Crippen MR) is 117 cm³/mol. The lowest BCUT2D eigenvalue weighted by Crippen LogP contribution is -2.74. The Morgan fingerprint density at radius 2 is 1.84 bits per heavy atom. The maximum Gasteiger partial charge on any atom is 0.333 e. The van der Waals surface area contributed by atoms with Crippen LogP contribution in [0.3, 0.4) is 0 Å². The summed E-state index contributed by atoms with van der Waals surface area (Å²) in [5.41, 5.74) is -2.90. The van der Waals surface area contributed by atoms with E-state index in [0.717, 1.165) is 0 Å². The fraction of sp³-hybridized carbons (Fsp3) is 0.760. The van der Waals surface area contributed by atoms with Gasteiger partial charge in [0.15, 0.2) is 5.78 Å². The van der Waals surface area contributed by atoms with E-state index < -0.39 is 52.2 Å².